The van der Waals surface area contributed by atoms with Gasteiger partial charge in [0.25, 0.3) is 5.89 Å². The molecule has 4 heterocycles. The summed E-state index contributed by atoms with van der Waals surface area (Å²) in [6.45, 7) is 3.09. The number of nitrogens with zero attached hydrogens (tertiary/aromatic N) is 3. The van der Waals surface area contributed by atoms with E-state index in [4.69, 9.17) is 14.3 Å². The summed E-state index contributed by atoms with van der Waals surface area (Å²) in [6.07, 6.45) is -3.97. The van der Waals surface area contributed by atoms with E-state index >= 15 is 0 Å². The van der Waals surface area contributed by atoms with Crippen LogP contribution < -0.4 is 10.6 Å². The maximum atomic E-state index is 12.5. The number of nitrogens with one attached hydrogen (secondary N) is 2. The van der Waals surface area contributed by atoms with E-state index in [0.717, 1.165) is 38.2 Å². The molecule has 1 unspecified atom stereocenters. The molecule has 2 aromatic heterocycles. The predicted molar refractivity (Wildman–Crippen MR) is 91.5 cm³/mol. The van der Waals surface area contributed by atoms with E-state index in [1.54, 1.807) is 12.3 Å². The molecule has 4 rings (SSSR count). The van der Waals surface area contributed by atoms with Crippen LogP contribution in [0.15, 0.2) is 22.7 Å². The van der Waals surface area contributed by atoms with Gasteiger partial charge in [0, 0.05) is 18.2 Å². The van der Waals surface area contributed by atoms with Crippen LogP contribution in [0.25, 0.3) is 11.5 Å². The Hall–Kier alpha value is -2.67. The van der Waals surface area contributed by atoms with E-state index < -0.39 is 24.5 Å². The topological polar surface area (TPSA) is 113 Å². The number of hydrogen-bond acceptors (Lipinski definition) is 7. The third kappa shape index (κ3) is 4.73. The lowest BCUT2D eigenvalue weighted by atomic mass is 9.66. The van der Waals surface area contributed by atoms with E-state index in [-0.39, 0.29) is 17.3 Å². The van der Waals surface area contributed by atoms with Crippen molar-refractivity contribution in [1.82, 2.24) is 25.8 Å². The quantitative estimate of drug-likeness (QED) is 0.631. The first kappa shape index (κ1) is 22.0. The van der Waals surface area contributed by atoms with Gasteiger partial charge in [0.2, 0.25) is 5.89 Å². The minimum Gasteiger partial charge on any atom is -0.475 e. The number of carboxylic acids is 1. The summed E-state index contributed by atoms with van der Waals surface area (Å²) in [5.41, 5.74) is 1.80. The van der Waals surface area contributed by atoms with Gasteiger partial charge in [-0.15, -0.1) is 10.2 Å². The Labute approximate surface area is 166 Å². The number of carboxylic acid groups (broad SMARTS) is 1. The number of rotatable bonds is 3. The molecule has 2 aromatic rings. The van der Waals surface area contributed by atoms with E-state index in [2.05, 4.69) is 25.8 Å². The van der Waals surface area contributed by atoms with Gasteiger partial charge in [-0.2, -0.15) is 22.0 Å². The highest BCUT2D eigenvalue weighted by Crippen LogP contribution is 2.47. The highest BCUT2D eigenvalue weighted by molar-refractivity contribution is 5.73. The Morgan fingerprint density at radius 1 is 1.23 bits per heavy atom. The molecular weight excluding hydrogens is 417 g/mol. The van der Waals surface area contributed by atoms with E-state index in [0.29, 0.717) is 5.56 Å². The van der Waals surface area contributed by atoms with E-state index in [1.807, 2.05) is 6.07 Å². The average Bonchev–Trinajstić information content (AvgIpc) is 3.19. The van der Waals surface area contributed by atoms with Crippen LogP contribution in [0.4, 0.5) is 22.0 Å². The van der Waals surface area contributed by atoms with Gasteiger partial charge in [-0.3, -0.25) is 4.98 Å². The number of carbonyl (C=O) groups is 1. The molecule has 2 fully saturated rings. The second kappa shape index (κ2) is 8.60. The number of halogens is 5. The summed E-state index contributed by atoms with van der Waals surface area (Å²) < 4.78 is 61.7. The summed E-state index contributed by atoms with van der Waals surface area (Å²) in [5, 5.41) is 20.9. The van der Waals surface area contributed by atoms with E-state index in [1.165, 1.54) is 0 Å². The smallest absolute Gasteiger partial charge is 0.475 e. The molecule has 1 spiro atoms. The monoisotopic (exact) mass is 435 g/mol. The first-order chi connectivity index (χ1) is 14.1. The largest absolute Gasteiger partial charge is 0.490 e. The normalized spacial score (nSPS) is 20.4. The van der Waals surface area contributed by atoms with Gasteiger partial charge in [0.15, 0.2) is 0 Å². The van der Waals surface area contributed by atoms with Gasteiger partial charge >= 0.3 is 18.6 Å². The molecule has 30 heavy (non-hydrogen) atoms. The zero-order chi connectivity index (χ0) is 21.9. The third-order valence-corrected chi connectivity index (χ3v) is 5.07. The fraction of sp³-hybridized carbons (Fsp3) is 0.529. The molecule has 1 atom stereocenters. The lowest BCUT2D eigenvalue weighted by molar-refractivity contribution is -0.192. The van der Waals surface area contributed by atoms with Gasteiger partial charge in [0.05, 0.1) is 17.3 Å². The van der Waals surface area contributed by atoms with Crippen molar-refractivity contribution in [2.45, 2.75) is 31.5 Å². The lowest BCUT2D eigenvalue weighted by Gasteiger charge is -2.52. The number of alkyl halides is 5. The third-order valence-electron chi connectivity index (χ3n) is 5.07. The van der Waals surface area contributed by atoms with Crippen molar-refractivity contribution in [3.05, 3.63) is 29.9 Å². The zero-order valence-electron chi connectivity index (χ0n) is 15.4. The first-order valence-corrected chi connectivity index (χ1v) is 8.94. The minimum absolute atomic E-state index is 0.0671. The Bertz CT molecular complexity index is 865. The number of aromatic nitrogens is 3. The van der Waals surface area contributed by atoms with Crippen molar-refractivity contribution in [1.29, 1.82) is 0 Å². The molecule has 3 N–H and O–H groups in total. The second-order valence-corrected chi connectivity index (χ2v) is 6.95. The van der Waals surface area contributed by atoms with Gasteiger partial charge in [0.1, 0.15) is 0 Å². The standard InChI is InChI=1S/C15H17F2N5O.C2HF3O2/c16-12(17)14-22-21-13(23-14)9-1-2-10(19-7-9)11-15(8-20-11)3-5-18-6-4-15;3-2(4,5)1(6)7/h1-2,7,11-12,18,20H,3-6,8H2;(H,6,7). The van der Waals surface area contributed by atoms with Crippen molar-refractivity contribution in [2.24, 2.45) is 5.41 Å². The van der Waals surface area contributed by atoms with Crippen molar-refractivity contribution in [3.63, 3.8) is 0 Å². The minimum atomic E-state index is -5.08. The molecule has 13 heteroatoms. The highest BCUT2D eigenvalue weighted by atomic mass is 19.4. The van der Waals surface area contributed by atoms with Gasteiger partial charge in [-0.1, -0.05) is 0 Å². The Morgan fingerprint density at radius 2 is 1.90 bits per heavy atom. The summed E-state index contributed by atoms with van der Waals surface area (Å²) >= 11 is 0. The molecule has 2 aliphatic rings. The fourth-order valence-corrected chi connectivity index (χ4v) is 3.44. The molecule has 0 saturated carbocycles. The SMILES string of the molecule is FC(F)c1nnc(-c2ccc(C3NCC34CCNCC4)nc2)o1.O=C(O)C(F)(F)F. The molecule has 2 saturated heterocycles. The van der Waals surface area contributed by atoms with Crippen LogP contribution in [0.2, 0.25) is 0 Å². The van der Waals surface area contributed by atoms with Crippen LogP contribution in [0.3, 0.4) is 0 Å². The molecule has 0 bridgehead atoms. The Morgan fingerprint density at radius 3 is 2.33 bits per heavy atom. The molecule has 2 aliphatic heterocycles. The van der Waals surface area contributed by atoms with E-state index in [9.17, 15) is 22.0 Å². The maximum absolute atomic E-state index is 12.5. The molecule has 0 radical (unpaired) electrons. The number of aliphatic carboxylic acids is 1. The zero-order valence-corrected chi connectivity index (χ0v) is 15.4. The molecular formula is C17H18F5N5O3. The van der Waals surface area contributed by atoms with Crippen molar-refractivity contribution >= 4 is 5.97 Å². The van der Waals surface area contributed by atoms with Crippen molar-refractivity contribution < 1.29 is 36.3 Å². The number of piperidine rings is 1. The van der Waals surface area contributed by atoms with Gasteiger partial charge in [-0.05, 0) is 38.1 Å². The van der Waals surface area contributed by atoms with Gasteiger partial charge < -0.3 is 20.2 Å². The van der Waals surface area contributed by atoms with Gasteiger partial charge in [-0.25, -0.2) is 4.79 Å². The fourth-order valence-electron chi connectivity index (χ4n) is 3.44. The Balaban J connectivity index is 0.000000318. The van der Waals surface area contributed by atoms with Crippen molar-refractivity contribution in [3.8, 4) is 11.5 Å². The van der Waals surface area contributed by atoms with Crippen LogP contribution in [-0.2, 0) is 4.79 Å². The predicted octanol–water partition coefficient (Wildman–Crippen LogP) is 2.72. The average molecular weight is 435 g/mol. The molecule has 164 valence electrons. The highest BCUT2D eigenvalue weighted by Gasteiger charge is 2.48. The van der Waals surface area contributed by atoms with Crippen LogP contribution in [0.5, 0.6) is 0 Å². The van der Waals surface area contributed by atoms with Crippen LogP contribution in [0, 0.1) is 5.41 Å². The summed E-state index contributed by atoms with van der Waals surface area (Å²) in [7, 11) is 0. The first-order valence-electron chi connectivity index (χ1n) is 8.94. The van der Waals surface area contributed by atoms with Crippen molar-refractivity contribution in [2.75, 3.05) is 19.6 Å². The van der Waals surface area contributed by atoms with Crippen LogP contribution in [0.1, 0.15) is 36.9 Å². The molecule has 0 aliphatic carbocycles. The number of hydrogen-bond donors (Lipinski definition) is 3. The molecule has 0 amide bonds. The van der Waals surface area contributed by atoms with Crippen LogP contribution >= 0.6 is 0 Å². The second-order valence-electron chi connectivity index (χ2n) is 6.95. The molecule has 0 aromatic carbocycles. The number of pyridine rings is 1. The molecule has 8 nitrogen and oxygen atoms in total. The summed E-state index contributed by atoms with van der Waals surface area (Å²) in [5.74, 6) is -3.36. The van der Waals surface area contributed by atoms with Crippen LogP contribution in [-0.4, -0.2) is 52.1 Å². The maximum Gasteiger partial charge on any atom is 0.490 e. The summed E-state index contributed by atoms with van der Waals surface area (Å²) in [4.78, 5) is 13.4. The Kier molecular flexibility index (Phi) is 6.31. The summed E-state index contributed by atoms with van der Waals surface area (Å²) in [6, 6.07) is 3.94. The lowest BCUT2D eigenvalue weighted by Crippen LogP contribution is -2.60.